The van der Waals surface area contributed by atoms with Crippen LogP contribution >= 0.6 is 43.2 Å². The summed E-state index contributed by atoms with van der Waals surface area (Å²) in [6.45, 7) is 0. The highest BCUT2D eigenvalue weighted by molar-refractivity contribution is 9.11. The normalized spacial score (nSPS) is 10.5. The summed E-state index contributed by atoms with van der Waals surface area (Å²) in [7, 11) is 0. The number of benzene rings is 1. The van der Waals surface area contributed by atoms with E-state index in [0.717, 1.165) is 8.26 Å². The third kappa shape index (κ3) is 3.24. The lowest BCUT2D eigenvalue weighted by Crippen LogP contribution is -2.03. The molecule has 2 aromatic rings. The Bertz CT molecular complexity index is 565. The highest BCUT2D eigenvalue weighted by Crippen LogP contribution is 2.24. The third-order valence-electron chi connectivity index (χ3n) is 2.25. The van der Waals surface area contributed by atoms with E-state index >= 15 is 0 Å². The van der Waals surface area contributed by atoms with Gasteiger partial charge in [0.1, 0.15) is 5.82 Å². The molecule has 0 saturated carbocycles. The highest BCUT2D eigenvalue weighted by atomic mass is 79.9. The fourth-order valence-corrected chi connectivity index (χ4v) is 2.96. The smallest absolute Gasteiger partial charge is 0.168 e. The first-order chi connectivity index (χ1) is 8.06. The lowest BCUT2D eigenvalue weighted by Gasteiger charge is -2.03. The van der Waals surface area contributed by atoms with Crippen LogP contribution in [0.3, 0.4) is 0 Å². The zero-order valence-corrected chi connectivity index (χ0v) is 12.5. The summed E-state index contributed by atoms with van der Waals surface area (Å²) in [5.74, 6) is -0.347. The minimum Gasteiger partial charge on any atom is -0.294 e. The van der Waals surface area contributed by atoms with Crippen LogP contribution in [-0.4, -0.2) is 5.78 Å². The first-order valence-corrected chi connectivity index (χ1v) is 7.24. The molecular formula is C12H7Br2FOS. The van der Waals surface area contributed by atoms with Gasteiger partial charge in [-0.15, -0.1) is 11.3 Å². The SMILES string of the molecule is O=C(Cc1cc(F)ccc1Br)c1csc(Br)c1. The van der Waals surface area contributed by atoms with Gasteiger partial charge in [-0.05, 0) is 45.8 Å². The van der Waals surface area contributed by atoms with E-state index in [1.54, 1.807) is 17.5 Å². The molecule has 0 aliphatic carbocycles. The van der Waals surface area contributed by atoms with Gasteiger partial charge in [-0.25, -0.2) is 4.39 Å². The molecule has 0 spiro atoms. The maximum Gasteiger partial charge on any atom is 0.168 e. The maximum atomic E-state index is 13.1. The summed E-state index contributed by atoms with van der Waals surface area (Å²) >= 11 is 8.08. The monoisotopic (exact) mass is 376 g/mol. The number of halogens is 3. The van der Waals surface area contributed by atoms with Crippen LogP contribution in [0.4, 0.5) is 4.39 Å². The van der Waals surface area contributed by atoms with Gasteiger partial charge in [-0.3, -0.25) is 4.79 Å². The Labute approximate surface area is 119 Å². The molecule has 5 heteroatoms. The zero-order chi connectivity index (χ0) is 12.4. The molecule has 1 nitrogen and oxygen atoms in total. The predicted octanol–water partition coefficient (Wildman–Crippen LogP) is 4.84. The van der Waals surface area contributed by atoms with E-state index in [-0.39, 0.29) is 18.0 Å². The fraction of sp³-hybridized carbons (Fsp3) is 0.0833. The number of ketones is 1. The van der Waals surface area contributed by atoms with Crippen LogP contribution in [0.15, 0.2) is 37.9 Å². The second-order valence-electron chi connectivity index (χ2n) is 3.48. The summed E-state index contributed by atoms with van der Waals surface area (Å²) in [4.78, 5) is 11.9. The Kier molecular flexibility index (Phi) is 4.12. The van der Waals surface area contributed by atoms with Gasteiger partial charge in [0.05, 0.1) is 3.79 Å². The summed E-state index contributed by atoms with van der Waals surface area (Å²) in [6.07, 6.45) is 0.196. The molecule has 0 unspecified atom stereocenters. The minimum atomic E-state index is -0.331. The van der Waals surface area contributed by atoms with Gasteiger partial charge < -0.3 is 0 Å². The molecular weight excluding hydrogens is 371 g/mol. The van der Waals surface area contributed by atoms with Crippen molar-refractivity contribution in [2.75, 3.05) is 0 Å². The maximum absolute atomic E-state index is 13.1. The molecule has 1 aromatic heterocycles. The van der Waals surface area contributed by atoms with Crippen LogP contribution in [0.2, 0.25) is 0 Å². The Morgan fingerprint density at radius 1 is 1.29 bits per heavy atom. The second-order valence-corrected chi connectivity index (χ2v) is 6.62. The van der Waals surface area contributed by atoms with Crippen LogP contribution in [-0.2, 0) is 6.42 Å². The van der Waals surface area contributed by atoms with Crippen molar-refractivity contribution in [1.29, 1.82) is 0 Å². The van der Waals surface area contributed by atoms with Gasteiger partial charge in [0.15, 0.2) is 5.78 Å². The van der Waals surface area contributed by atoms with Gasteiger partial charge in [-0.1, -0.05) is 15.9 Å². The van der Waals surface area contributed by atoms with Gasteiger partial charge in [0.25, 0.3) is 0 Å². The van der Waals surface area contributed by atoms with E-state index in [4.69, 9.17) is 0 Å². The number of hydrogen-bond donors (Lipinski definition) is 0. The Balaban J connectivity index is 2.21. The number of hydrogen-bond acceptors (Lipinski definition) is 2. The fourth-order valence-electron chi connectivity index (χ4n) is 1.41. The number of carbonyl (C=O) groups excluding carboxylic acids is 1. The van der Waals surface area contributed by atoms with E-state index in [2.05, 4.69) is 31.9 Å². The molecule has 1 heterocycles. The van der Waals surface area contributed by atoms with E-state index in [9.17, 15) is 9.18 Å². The van der Waals surface area contributed by atoms with Gasteiger partial charge in [-0.2, -0.15) is 0 Å². The number of carbonyl (C=O) groups is 1. The van der Waals surface area contributed by atoms with Crippen molar-refractivity contribution in [3.8, 4) is 0 Å². The lowest BCUT2D eigenvalue weighted by atomic mass is 10.1. The largest absolute Gasteiger partial charge is 0.294 e. The first-order valence-electron chi connectivity index (χ1n) is 4.77. The average molecular weight is 378 g/mol. The molecule has 1 aromatic carbocycles. The van der Waals surface area contributed by atoms with Crippen LogP contribution in [0, 0.1) is 5.82 Å². The molecule has 17 heavy (non-hydrogen) atoms. The number of rotatable bonds is 3. The van der Waals surface area contributed by atoms with Gasteiger partial charge in [0.2, 0.25) is 0 Å². The quantitative estimate of drug-likeness (QED) is 0.699. The van der Waals surface area contributed by atoms with Crippen LogP contribution < -0.4 is 0 Å². The Morgan fingerprint density at radius 2 is 2.06 bits per heavy atom. The number of thiophene rings is 1. The molecule has 0 N–H and O–H groups in total. The molecule has 0 aliphatic rings. The van der Waals surface area contributed by atoms with Crippen molar-refractivity contribution in [2.24, 2.45) is 0 Å². The van der Waals surface area contributed by atoms with E-state index in [1.807, 2.05) is 0 Å². The second kappa shape index (κ2) is 5.42. The van der Waals surface area contributed by atoms with E-state index < -0.39 is 0 Å². The van der Waals surface area contributed by atoms with Crippen molar-refractivity contribution >= 4 is 49.0 Å². The van der Waals surface area contributed by atoms with Gasteiger partial charge in [0, 0.05) is 21.8 Å². The van der Waals surface area contributed by atoms with Gasteiger partial charge >= 0.3 is 0 Å². The van der Waals surface area contributed by atoms with Crippen molar-refractivity contribution in [2.45, 2.75) is 6.42 Å². The van der Waals surface area contributed by atoms with Crippen molar-refractivity contribution in [3.63, 3.8) is 0 Å². The molecule has 2 rings (SSSR count). The van der Waals surface area contributed by atoms with Crippen LogP contribution in [0.5, 0.6) is 0 Å². The van der Waals surface area contributed by atoms with E-state index in [1.165, 1.54) is 23.5 Å². The van der Waals surface area contributed by atoms with Crippen molar-refractivity contribution < 1.29 is 9.18 Å². The van der Waals surface area contributed by atoms with Crippen molar-refractivity contribution in [3.05, 3.63) is 54.8 Å². The molecule has 0 atom stereocenters. The molecule has 0 amide bonds. The Hall–Kier alpha value is -0.520. The van der Waals surface area contributed by atoms with Crippen molar-refractivity contribution in [1.82, 2.24) is 0 Å². The Morgan fingerprint density at radius 3 is 2.71 bits per heavy atom. The average Bonchev–Trinajstić information content (AvgIpc) is 2.70. The lowest BCUT2D eigenvalue weighted by molar-refractivity contribution is 0.0993. The van der Waals surface area contributed by atoms with Crippen LogP contribution in [0.25, 0.3) is 0 Å². The standard InChI is InChI=1S/C12H7Br2FOS/c13-10-2-1-9(15)3-7(10)4-11(16)8-5-12(14)17-6-8/h1-3,5-6H,4H2. The number of Topliss-reactive ketones (excluding diaryl/α,β-unsaturated/α-hetero) is 1. The first kappa shape index (κ1) is 12.9. The molecule has 0 bridgehead atoms. The highest BCUT2D eigenvalue weighted by Gasteiger charge is 2.11. The van der Waals surface area contributed by atoms with E-state index in [0.29, 0.717) is 11.1 Å². The summed E-state index contributed by atoms with van der Waals surface area (Å²) in [6, 6.07) is 6.13. The molecule has 88 valence electrons. The third-order valence-corrected chi connectivity index (χ3v) is 4.53. The molecule has 0 aliphatic heterocycles. The predicted molar refractivity (Wildman–Crippen MR) is 74.2 cm³/mol. The zero-order valence-electron chi connectivity index (χ0n) is 8.54. The molecule has 0 saturated heterocycles. The molecule has 0 radical (unpaired) electrons. The van der Waals surface area contributed by atoms with Crippen LogP contribution in [0.1, 0.15) is 15.9 Å². The summed E-state index contributed by atoms with van der Waals surface area (Å²) < 4.78 is 14.7. The summed E-state index contributed by atoms with van der Waals surface area (Å²) in [5.41, 5.74) is 1.32. The summed E-state index contributed by atoms with van der Waals surface area (Å²) in [5, 5.41) is 1.79. The topological polar surface area (TPSA) is 17.1 Å². The minimum absolute atomic E-state index is 0.0155. The molecule has 0 fully saturated rings.